The zero-order valence-corrected chi connectivity index (χ0v) is 19.6. The number of nitrogens with one attached hydrogen (secondary N) is 2. The van der Waals surface area contributed by atoms with Crippen molar-refractivity contribution in [1.29, 1.82) is 0 Å². The predicted molar refractivity (Wildman–Crippen MR) is 142 cm³/mol. The molecule has 5 aromatic rings. The van der Waals surface area contributed by atoms with Crippen molar-refractivity contribution in [3.63, 3.8) is 0 Å². The van der Waals surface area contributed by atoms with Crippen LogP contribution >= 0.6 is 0 Å². The lowest BCUT2D eigenvalue weighted by Gasteiger charge is -2.13. The minimum absolute atomic E-state index is 0.633. The van der Waals surface area contributed by atoms with E-state index in [0.717, 1.165) is 59.1 Å². The van der Waals surface area contributed by atoms with Crippen LogP contribution in [0.2, 0.25) is 0 Å². The zero-order chi connectivity index (χ0) is 23.5. The SMILES string of the molecule is c1ccc(-c2cnc(NCCc3c[nH]c4ccccc34)nc2-c2ccc(OCC3CC3)cc2)cc1. The van der Waals surface area contributed by atoms with E-state index in [-0.39, 0.29) is 0 Å². The second-order valence-corrected chi connectivity index (χ2v) is 9.14. The molecule has 0 atom stereocenters. The van der Waals surface area contributed by atoms with Crippen molar-refractivity contribution in [2.75, 3.05) is 18.5 Å². The predicted octanol–water partition coefficient (Wildman–Crippen LogP) is 6.74. The number of aromatic amines is 1. The molecule has 0 bridgehead atoms. The highest BCUT2D eigenvalue weighted by Gasteiger charge is 2.22. The van der Waals surface area contributed by atoms with Gasteiger partial charge in [0.15, 0.2) is 0 Å². The Kier molecular flexibility index (Phi) is 5.89. The molecule has 2 heterocycles. The Morgan fingerprint density at radius 2 is 1.69 bits per heavy atom. The summed E-state index contributed by atoms with van der Waals surface area (Å²) < 4.78 is 5.93. The molecule has 3 aromatic carbocycles. The maximum Gasteiger partial charge on any atom is 0.223 e. The topological polar surface area (TPSA) is 62.8 Å². The van der Waals surface area contributed by atoms with Gasteiger partial charge in [-0.25, -0.2) is 9.97 Å². The van der Waals surface area contributed by atoms with Crippen molar-refractivity contribution >= 4 is 16.9 Å². The van der Waals surface area contributed by atoms with Crippen LogP contribution in [0.4, 0.5) is 5.95 Å². The number of para-hydroxylation sites is 1. The van der Waals surface area contributed by atoms with Gasteiger partial charge in [0.1, 0.15) is 5.75 Å². The number of H-pyrrole nitrogens is 1. The van der Waals surface area contributed by atoms with Crippen molar-refractivity contribution in [3.05, 3.63) is 96.8 Å². The van der Waals surface area contributed by atoms with Crippen molar-refractivity contribution < 1.29 is 4.74 Å². The van der Waals surface area contributed by atoms with E-state index in [2.05, 4.69) is 70.0 Å². The molecule has 0 unspecified atom stereocenters. The molecule has 1 saturated carbocycles. The second-order valence-electron chi connectivity index (χ2n) is 9.14. The van der Waals surface area contributed by atoms with E-state index >= 15 is 0 Å². The molecule has 1 fully saturated rings. The summed E-state index contributed by atoms with van der Waals surface area (Å²) in [7, 11) is 0. The van der Waals surface area contributed by atoms with Crippen LogP contribution in [0.1, 0.15) is 18.4 Å². The molecule has 35 heavy (non-hydrogen) atoms. The maximum atomic E-state index is 5.93. The largest absolute Gasteiger partial charge is 0.493 e. The number of ether oxygens (including phenoxy) is 1. The molecule has 0 radical (unpaired) electrons. The van der Waals surface area contributed by atoms with Gasteiger partial charge in [-0.15, -0.1) is 0 Å². The number of aromatic nitrogens is 3. The maximum absolute atomic E-state index is 5.93. The molecule has 0 aliphatic heterocycles. The van der Waals surface area contributed by atoms with Gasteiger partial charge in [-0.1, -0.05) is 48.5 Å². The molecule has 5 heteroatoms. The van der Waals surface area contributed by atoms with Gasteiger partial charge in [0.25, 0.3) is 0 Å². The smallest absolute Gasteiger partial charge is 0.223 e. The van der Waals surface area contributed by atoms with Gasteiger partial charge in [0.05, 0.1) is 12.3 Å². The summed E-state index contributed by atoms with van der Waals surface area (Å²) in [5.41, 5.74) is 6.52. The first-order chi connectivity index (χ1) is 17.3. The van der Waals surface area contributed by atoms with Crippen LogP contribution in [-0.2, 0) is 6.42 Å². The third-order valence-corrected chi connectivity index (χ3v) is 6.54. The van der Waals surface area contributed by atoms with Gasteiger partial charge in [-0.2, -0.15) is 0 Å². The highest BCUT2D eigenvalue weighted by molar-refractivity contribution is 5.83. The lowest BCUT2D eigenvalue weighted by atomic mass is 10.0. The first-order valence-electron chi connectivity index (χ1n) is 12.3. The summed E-state index contributed by atoms with van der Waals surface area (Å²) in [4.78, 5) is 12.9. The Bertz CT molecular complexity index is 1420. The molecule has 0 amide bonds. The second kappa shape index (κ2) is 9.63. The van der Waals surface area contributed by atoms with E-state index in [9.17, 15) is 0 Å². The molecule has 0 saturated heterocycles. The van der Waals surface area contributed by atoms with Crippen molar-refractivity contribution in [2.45, 2.75) is 19.3 Å². The molecular weight excluding hydrogens is 432 g/mol. The monoisotopic (exact) mass is 460 g/mol. The van der Waals surface area contributed by atoms with Crippen LogP contribution in [-0.4, -0.2) is 28.1 Å². The minimum Gasteiger partial charge on any atom is -0.493 e. The average molecular weight is 461 g/mol. The Morgan fingerprint density at radius 1 is 0.886 bits per heavy atom. The Balaban J connectivity index is 1.23. The number of rotatable bonds is 9. The standard InChI is InChI=1S/C30H28N4O/c1-2-6-22(7-3-1)27-19-33-30(31-17-16-24-18-32-28-9-5-4-8-26(24)28)34-29(27)23-12-14-25(15-13-23)35-20-21-10-11-21/h1-9,12-15,18-19,21,32H,10-11,16-17,20H2,(H,31,33,34). The first kappa shape index (κ1) is 21.4. The Labute approximate surface area is 205 Å². The lowest BCUT2D eigenvalue weighted by molar-refractivity contribution is 0.300. The fourth-order valence-corrected chi connectivity index (χ4v) is 4.37. The highest BCUT2D eigenvalue weighted by Crippen LogP contribution is 2.33. The van der Waals surface area contributed by atoms with Gasteiger partial charge in [0, 0.05) is 41.0 Å². The summed E-state index contributed by atoms with van der Waals surface area (Å²) >= 11 is 0. The van der Waals surface area contributed by atoms with Gasteiger partial charge in [-0.05, 0) is 66.6 Å². The molecular formula is C30H28N4O. The summed E-state index contributed by atoms with van der Waals surface area (Å²) in [6, 6.07) is 27.0. The van der Waals surface area contributed by atoms with Crippen molar-refractivity contribution in [3.8, 4) is 28.1 Å². The number of anilines is 1. The lowest BCUT2D eigenvalue weighted by Crippen LogP contribution is -2.08. The van der Waals surface area contributed by atoms with Crippen molar-refractivity contribution in [1.82, 2.24) is 15.0 Å². The summed E-state index contributed by atoms with van der Waals surface area (Å²) in [5, 5.41) is 4.69. The van der Waals surface area contributed by atoms with Crippen LogP contribution in [0.5, 0.6) is 5.75 Å². The van der Waals surface area contributed by atoms with E-state index in [4.69, 9.17) is 9.72 Å². The van der Waals surface area contributed by atoms with Gasteiger partial charge >= 0.3 is 0 Å². The van der Waals surface area contributed by atoms with Crippen molar-refractivity contribution in [2.24, 2.45) is 5.92 Å². The molecule has 2 aromatic heterocycles. The quantitative estimate of drug-likeness (QED) is 0.256. The van der Waals surface area contributed by atoms with E-state index < -0.39 is 0 Å². The van der Waals surface area contributed by atoms with Crippen LogP contribution in [0.15, 0.2) is 91.3 Å². The van der Waals surface area contributed by atoms with Crippen LogP contribution < -0.4 is 10.1 Å². The molecule has 2 N–H and O–H groups in total. The molecule has 1 aliphatic rings. The normalized spacial score (nSPS) is 13.1. The summed E-state index contributed by atoms with van der Waals surface area (Å²) in [6.07, 6.45) is 7.47. The van der Waals surface area contributed by atoms with E-state index in [0.29, 0.717) is 5.95 Å². The number of hydrogen-bond acceptors (Lipinski definition) is 4. The Morgan fingerprint density at radius 3 is 2.51 bits per heavy atom. The van der Waals surface area contributed by atoms with Gasteiger partial charge in [0.2, 0.25) is 5.95 Å². The summed E-state index contributed by atoms with van der Waals surface area (Å²) in [5.74, 6) is 2.28. The fraction of sp³-hybridized carbons (Fsp3) is 0.200. The van der Waals surface area contributed by atoms with Crippen LogP contribution in [0.25, 0.3) is 33.3 Å². The van der Waals surface area contributed by atoms with E-state index in [1.165, 1.54) is 23.8 Å². The molecule has 1 aliphatic carbocycles. The van der Waals surface area contributed by atoms with Crippen LogP contribution in [0.3, 0.4) is 0 Å². The number of benzene rings is 3. The first-order valence-corrected chi connectivity index (χ1v) is 12.3. The van der Waals surface area contributed by atoms with E-state index in [1.807, 2.05) is 36.5 Å². The molecule has 6 rings (SSSR count). The number of nitrogens with zero attached hydrogens (tertiary/aromatic N) is 2. The Hall–Kier alpha value is -4.12. The highest BCUT2D eigenvalue weighted by atomic mass is 16.5. The molecule has 0 spiro atoms. The van der Waals surface area contributed by atoms with Crippen LogP contribution in [0, 0.1) is 5.92 Å². The summed E-state index contributed by atoms with van der Waals surface area (Å²) in [6.45, 7) is 1.56. The average Bonchev–Trinajstić information content (AvgIpc) is 3.67. The van der Waals surface area contributed by atoms with Gasteiger partial charge in [-0.3, -0.25) is 0 Å². The third-order valence-electron chi connectivity index (χ3n) is 6.54. The molecule has 174 valence electrons. The zero-order valence-electron chi connectivity index (χ0n) is 19.6. The third kappa shape index (κ3) is 4.90. The molecule has 5 nitrogen and oxygen atoms in total. The fourth-order valence-electron chi connectivity index (χ4n) is 4.37. The minimum atomic E-state index is 0.633. The number of hydrogen-bond donors (Lipinski definition) is 2. The van der Waals surface area contributed by atoms with E-state index in [1.54, 1.807) is 0 Å². The van der Waals surface area contributed by atoms with Gasteiger partial charge < -0.3 is 15.0 Å². The number of fused-ring (bicyclic) bond motifs is 1.